The van der Waals surface area contributed by atoms with E-state index in [9.17, 15) is 18.0 Å². The molecule has 5 N–H and O–H groups in total. The number of primary amides is 1. The van der Waals surface area contributed by atoms with Gasteiger partial charge in [-0.05, 0) is 29.3 Å². The van der Waals surface area contributed by atoms with E-state index in [1.165, 1.54) is 31.4 Å². The van der Waals surface area contributed by atoms with Gasteiger partial charge in [-0.3, -0.25) is 4.79 Å². The molecule has 3 aromatic carbocycles. The highest BCUT2D eigenvalue weighted by atomic mass is 35.5. The fourth-order valence-electron chi connectivity index (χ4n) is 3.55. The fourth-order valence-corrected chi connectivity index (χ4v) is 3.79. The first-order valence-corrected chi connectivity index (χ1v) is 11.5. The number of carbonyl (C=O) groups excluding carboxylic acids is 1. The van der Waals surface area contributed by atoms with Gasteiger partial charge in [0.05, 0.1) is 17.2 Å². The molecule has 210 valence electrons. The number of rotatable bonds is 9. The molecule has 0 fully saturated rings. The van der Waals surface area contributed by atoms with Crippen LogP contribution >= 0.6 is 11.6 Å². The van der Waals surface area contributed by atoms with Gasteiger partial charge in [0.1, 0.15) is 12.4 Å². The molecule has 7 nitrogen and oxygen atoms in total. The monoisotopic (exact) mass is 574 g/mol. The van der Waals surface area contributed by atoms with Gasteiger partial charge in [0.15, 0.2) is 11.6 Å². The predicted molar refractivity (Wildman–Crippen MR) is 134 cm³/mol. The molecular weight excluding hydrogens is 551 g/mol. The number of nitrogens with two attached hydrogens (primary N) is 2. The van der Waals surface area contributed by atoms with Crippen molar-refractivity contribution < 1.29 is 46.1 Å². The number of carboxylic acid groups (broad SMARTS) is 1. The van der Waals surface area contributed by atoms with Gasteiger partial charge < -0.3 is 26.0 Å². The second-order valence-electron chi connectivity index (χ2n) is 7.83. The van der Waals surface area contributed by atoms with E-state index in [0.717, 1.165) is 5.56 Å². The van der Waals surface area contributed by atoms with Crippen LogP contribution < -0.4 is 16.2 Å². The van der Waals surface area contributed by atoms with Crippen LogP contribution in [0.5, 0.6) is 5.75 Å². The minimum Gasteiger partial charge on any atom is -0.488 e. The van der Waals surface area contributed by atoms with Gasteiger partial charge >= 0.3 is 12.1 Å². The Balaban J connectivity index is 0.000000673. The lowest BCUT2D eigenvalue weighted by Gasteiger charge is -2.20. The van der Waals surface area contributed by atoms with E-state index in [4.69, 9.17) is 42.4 Å². The van der Waals surface area contributed by atoms with Crippen LogP contribution in [0.15, 0.2) is 54.6 Å². The molecule has 0 aliphatic carbocycles. The van der Waals surface area contributed by atoms with Crippen LogP contribution in [0.4, 0.5) is 22.0 Å². The summed E-state index contributed by atoms with van der Waals surface area (Å²) in [4.78, 5) is 20.9. The summed E-state index contributed by atoms with van der Waals surface area (Å²) in [7, 11) is 1.47. The lowest BCUT2D eigenvalue weighted by molar-refractivity contribution is -0.192. The number of aliphatic carboxylic acids is 1. The Bertz CT molecular complexity index is 1310. The average molecular weight is 575 g/mol. The second kappa shape index (κ2) is 13.9. The topological polar surface area (TPSA) is 125 Å². The molecule has 0 bridgehead atoms. The van der Waals surface area contributed by atoms with E-state index in [-0.39, 0.29) is 52.8 Å². The summed E-state index contributed by atoms with van der Waals surface area (Å²) in [6.07, 6.45) is -5.08. The highest BCUT2D eigenvalue weighted by molar-refractivity contribution is 6.33. The van der Waals surface area contributed by atoms with Crippen molar-refractivity contribution in [2.75, 3.05) is 26.9 Å². The molecule has 0 aromatic heterocycles. The van der Waals surface area contributed by atoms with Crippen LogP contribution in [0.3, 0.4) is 0 Å². The molecule has 1 unspecified atom stereocenters. The molecular formula is C26H24ClF5N2O5. The minimum atomic E-state index is -5.08. The predicted octanol–water partition coefficient (Wildman–Crippen LogP) is 5.13. The molecule has 1 amide bonds. The van der Waals surface area contributed by atoms with Crippen molar-refractivity contribution in [3.8, 4) is 16.9 Å². The molecule has 3 aromatic rings. The lowest BCUT2D eigenvalue weighted by Crippen LogP contribution is -2.21. The van der Waals surface area contributed by atoms with Crippen molar-refractivity contribution in [3.63, 3.8) is 0 Å². The van der Waals surface area contributed by atoms with E-state index in [1.807, 2.05) is 30.3 Å². The summed E-state index contributed by atoms with van der Waals surface area (Å²) in [6, 6.07) is 14.6. The number of benzene rings is 3. The molecule has 0 saturated carbocycles. The highest BCUT2D eigenvalue weighted by Gasteiger charge is 2.38. The third-order valence-corrected chi connectivity index (χ3v) is 5.66. The minimum absolute atomic E-state index is 0.0578. The lowest BCUT2D eigenvalue weighted by atomic mass is 9.87. The number of hydrogen-bond donors (Lipinski definition) is 3. The summed E-state index contributed by atoms with van der Waals surface area (Å²) in [6.45, 7) is 0.377. The first-order valence-electron chi connectivity index (χ1n) is 11.1. The van der Waals surface area contributed by atoms with Gasteiger partial charge in [0, 0.05) is 30.7 Å². The van der Waals surface area contributed by atoms with E-state index in [0.29, 0.717) is 0 Å². The Morgan fingerprint density at radius 3 is 2.10 bits per heavy atom. The quantitative estimate of drug-likeness (QED) is 0.240. The van der Waals surface area contributed by atoms with Gasteiger partial charge in [-0.2, -0.15) is 13.2 Å². The summed E-state index contributed by atoms with van der Waals surface area (Å²) in [5.74, 6) is -6.10. The molecule has 39 heavy (non-hydrogen) atoms. The number of ether oxygens (including phenoxy) is 2. The Morgan fingerprint density at radius 1 is 0.974 bits per heavy atom. The van der Waals surface area contributed by atoms with Crippen molar-refractivity contribution >= 4 is 23.5 Å². The summed E-state index contributed by atoms with van der Waals surface area (Å²) in [5, 5.41) is 7.05. The van der Waals surface area contributed by atoms with Crippen molar-refractivity contribution in [1.82, 2.24) is 0 Å². The van der Waals surface area contributed by atoms with Crippen molar-refractivity contribution in [1.29, 1.82) is 0 Å². The molecule has 13 heteroatoms. The number of carboxylic acids is 1. The molecule has 0 heterocycles. The van der Waals surface area contributed by atoms with Crippen LogP contribution in [0.25, 0.3) is 11.1 Å². The van der Waals surface area contributed by atoms with Gasteiger partial charge in [-0.1, -0.05) is 48.0 Å². The molecule has 0 radical (unpaired) electrons. The van der Waals surface area contributed by atoms with Crippen molar-refractivity contribution in [2.45, 2.75) is 12.1 Å². The maximum absolute atomic E-state index is 15.9. The highest BCUT2D eigenvalue weighted by Crippen LogP contribution is 2.41. The molecule has 0 saturated heterocycles. The molecule has 3 rings (SSSR count). The Hall–Kier alpha value is -3.74. The largest absolute Gasteiger partial charge is 0.490 e. The first-order chi connectivity index (χ1) is 18.3. The van der Waals surface area contributed by atoms with Crippen LogP contribution in [0.2, 0.25) is 5.02 Å². The first kappa shape index (κ1) is 31.5. The zero-order chi connectivity index (χ0) is 29.3. The number of amides is 1. The number of methoxy groups -OCH3 is 1. The summed E-state index contributed by atoms with van der Waals surface area (Å²) in [5.41, 5.74) is 11.6. The maximum Gasteiger partial charge on any atom is 0.490 e. The summed E-state index contributed by atoms with van der Waals surface area (Å²) < 4.78 is 73.4. The van der Waals surface area contributed by atoms with Gasteiger partial charge in [0.25, 0.3) is 0 Å². The smallest absolute Gasteiger partial charge is 0.488 e. The molecule has 0 aliphatic heterocycles. The molecule has 0 spiro atoms. The normalized spacial score (nSPS) is 11.8. The number of halogens is 6. The van der Waals surface area contributed by atoms with E-state index in [2.05, 4.69) is 0 Å². The average Bonchev–Trinajstić information content (AvgIpc) is 2.88. The molecule has 1 atom stereocenters. The Kier molecular flexibility index (Phi) is 11.2. The van der Waals surface area contributed by atoms with Crippen molar-refractivity contribution in [3.05, 3.63) is 87.9 Å². The van der Waals surface area contributed by atoms with Gasteiger partial charge in [-0.25, -0.2) is 13.6 Å². The second-order valence-corrected chi connectivity index (χ2v) is 8.24. The van der Waals surface area contributed by atoms with Crippen LogP contribution in [-0.2, 0) is 9.53 Å². The third kappa shape index (κ3) is 7.88. The fraction of sp³-hybridized carbons (Fsp3) is 0.231. The van der Waals surface area contributed by atoms with Gasteiger partial charge in [0.2, 0.25) is 5.91 Å². The van der Waals surface area contributed by atoms with E-state index < -0.39 is 35.6 Å². The van der Waals surface area contributed by atoms with Crippen LogP contribution in [0.1, 0.15) is 27.4 Å². The van der Waals surface area contributed by atoms with Crippen LogP contribution in [-0.4, -0.2) is 50.0 Å². The summed E-state index contributed by atoms with van der Waals surface area (Å²) >= 11 is 6.31. The third-order valence-electron chi connectivity index (χ3n) is 5.34. The van der Waals surface area contributed by atoms with Gasteiger partial charge in [-0.15, -0.1) is 0 Å². The number of carbonyl (C=O) groups is 2. The Morgan fingerprint density at radius 2 is 1.59 bits per heavy atom. The zero-order valence-corrected chi connectivity index (χ0v) is 21.2. The van der Waals surface area contributed by atoms with Crippen LogP contribution in [0, 0.1) is 11.6 Å². The van der Waals surface area contributed by atoms with Crippen molar-refractivity contribution in [2.24, 2.45) is 11.5 Å². The molecule has 0 aliphatic rings. The zero-order valence-electron chi connectivity index (χ0n) is 20.4. The maximum atomic E-state index is 15.9. The Labute approximate surface area is 225 Å². The SMILES string of the molecule is COCCOc1ccc(C(N)=O)c(-c2c(Cl)ccc(C(CN)c3ccccc3)c2F)c1F.O=C(O)C(F)(F)F. The number of alkyl halides is 3. The standard InChI is InChI=1S/C24H23ClF2N2O3.C2HF3O2/c1-31-11-12-32-19-10-8-16(24(29)30)20(23(19)27)21-18(25)9-7-15(22(21)26)17(13-28)14-5-3-2-4-6-14;3-2(4,5)1(6)7/h2-10,17H,11-13,28H2,1H3,(H2,29,30);(H,6,7). The van der Waals surface area contributed by atoms with E-state index >= 15 is 8.78 Å². The van der Waals surface area contributed by atoms with E-state index in [1.54, 1.807) is 0 Å². The number of hydrogen-bond acceptors (Lipinski definition) is 5.